The summed E-state index contributed by atoms with van der Waals surface area (Å²) in [4.78, 5) is 19.8. The molecule has 0 fully saturated rings. The van der Waals surface area contributed by atoms with Crippen molar-refractivity contribution < 1.29 is 4.79 Å². The zero-order chi connectivity index (χ0) is 13.8. The molecule has 1 heterocycles. The highest BCUT2D eigenvalue weighted by Crippen LogP contribution is 2.27. The minimum absolute atomic E-state index is 0.0952. The van der Waals surface area contributed by atoms with Crippen LogP contribution in [0, 0.1) is 0 Å². The Kier molecular flexibility index (Phi) is 4.93. The Hall–Kier alpha value is -0.940. The Morgan fingerprint density at radius 2 is 2.21 bits per heavy atom. The lowest BCUT2D eigenvalue weighted by atomic mass is 10.0. The molecule has 1 N–H and O–H groups in total. The second-order valence-corrected chi connectivity index (χ2v) is 6.49. The number of hydrogen-bond donors (Lipinski definition) is 1. The van der Waals surface area contributed by atoms with Gasteiger partial charge in [0.15, 0.2) is 0 Å². The molecule has 0 spiro atoms. The van der Waals surface area contributed by atoms with E-state index in [0.717, 1.165) is 13.0 Å². The van der Waals surface area contributed by atoms with Gasteiger partial charge in [0.1, 0.15) is 5.01 Å². The molecule has 0 aromatic carbocycles. The van der Waals surface area contributed by atoms with Gasteiger partial charge >= 0.3 is 0 Å². The van der Waals surface area contributed by atoms with Crippen LogP contribution in [0.3, 0.4) is 0 Å². The van der Waals surface area contributed by atoms with Gasteiger partial charge in [-0.1, -0.05) is 0 Å². The number of thiazole rings is 1. The maximum atomic E-state index is 11.4. The maximum Gasteiger partial charge on any atom is 0.221 e. The number of carbonyl (C=O) groups is 1. The molecule has 0 aliphatic heterocycles. The molecule has 1 aliphatic rings. The quantitative estimate of drug-likeness (QED) is 0.897. The monoisotopic (exact) mass is 281 g/mol. The summed E-state index contributed by atoms with van der Waals surface area (Å²) in [7, 11) is 3.75. The van der Waals surface area contributed by atoms with Crippen LogP contribution in [0.1, 0.15) is 41.8 Å². The molecule has 1 atom stereocenters. The van der Waals surface area contributed by atoms with E-state index in [-0.39, 0.29) is 11.9 Å². The lowest BCUT2D eigenvalue weighted by molar-refractivity contribution is -0.121. The minimum Gasteiger partial charge on any atom is -0.359 e. The number of aryl methyl sites for hydroxylation is 2. The first-order valence-electron chi connectivity index (χ1n) is 6.98. The van der Waals surface area contributed by atoms with Crippen LogP contribution in [0.2, 0.25) is 0 Å². The molecular formula is C14H23N3OS. The maximum absolute atomic E-state index is 11.4. The highest BCUT2D eigenvalue weighted by molar-refractivity contribution is 7.11. The van der Waals surface area contributed by atoms with Gasteiger partial charge in [-0.15, -0.1) is 11.3 Å². The van der Waals surface area contributed by atoms with E-state index in [9.17, 15) is 4.79 Å². The molecular weight excluding hydrogens is 258 g/mol. The number of carbonyl (C=O) groups excluding carboxylic acids is 1. The standard InChI is InChI=1S/C14H23N3OS/c1-10(8-13(18)15-2)17(3)9-14-16-11-6-4-5-7-12(11)19-14/h10H,4-9H2,1-3H3,(H,15,18)/t10-/m1/s1. The summed E-state index contributed by atoms with van der Waals surface area (Å²) < 4.78 is 0. The highest BCUT2D eigenvalue weighted by Gasteiger charge is 2.18. The van der Waals surface area contributed by atoms with E-state index in [4.69, 9.17) is 4.98 Å². The smallest absolute Gasteiger partial charge is 0.221 e. The van der Waals surface area contributed by atoms with Crippen LogP contribution in [-0.4, -0.2) is 35.9 Å². The molecule has 1 aromatic heterocycles. The summed E-state index contributed by atoms with van der Waals surface area (Å²) >= 11 is 1.85. The molecule has 0 saturated carbocycles. The van der Waals surface area contributed by atoms with Gasteiger partial charge in [0, 0.05) is 24.4 Å². The summed E-state index contributed by atoms with van der Waals surface area (Å²) in [5.74, 6) is 0.0952. The number of nitrogens with one attached hydrogen (secondary N) is 1. The zero-order valence-corrected chi connectivity index (χ0v) is 12.8. The predicted octanol–water partition coefficient (Wildman–Crippen LogP) is 1.98. The molecule has 0 bridgehead atoms. The van der Waals surface area contributed by atoms with Crippen molar-refractivity contribution in [2.75, 3.05) is 14.1 Å². The Balaban J connectivity index is 1.92. The van der Waals surface area contributed by atoms with Gasteiger partial charge in [-0.05, 0) is 39.7 Å². The van der Waals surface area contributed by atoms with Crippen molar-refractivity contribution >= 4 is 17.2 Å². The highest BCUT2D eigenvalue weighted by atomic mass is 32.1. The van der Waals surface area contributed by atoms with Crippen molar-refractivity contribution in [1.82, 2.24) is 15.2 Å². The van der Waals surface area contributed by atoms with Crippen LogP contribution in [0.5, 0.6) is 0 Å². The third-order valence-electron chi connectivity index (χ3n) is 3.79. The Bertz CT molecular complexity index is 420. The molecule has 1 amide bonds. The van der Waals surface area contributed by atoms with Gasteiger partial charge in [0.25, 0.3) is 0 Å². The Morgan fingerprint density at radius 1 is 1.47 bits per heavy atom. The normalized spacial score (nSPS) is 16.2. The molecule has 1 aromatic rings. The average Bonchev–Trinajstić information content (AvgIpc) is 2.80. The fraction of sp³-hybridized carbons (Fsp3) is 0.714. The van der Waals surface area contributed by atoms with E-state index in [2.05, 4.69) is 24.2 Å². The van der Waals surface area contributed by atoms with Gasteiger partial charge in [0.2, 0.25) is 5.91 Å². The van der Waals surface area contributed by atoms with Crippen molar-refractivity contribution in [3.05, 3.63) is 15.6 Å². The Morgan fingerprint density at radius 3 is 2.89 bits per heavy atom. The average molecular weight is 281 g/mol. The predicted molar refractivity (Wildman–Crippen MR) is 78.4 cm³/mol. The zero-order valence-electron chi connectivity index (χ0n) is 12.0. The third kappa shape index (κ3) is 3.76. The topological polar surface area (TPSA) is 45.2 Å². The van der Waals surface area contributed by atoms with E-state index in [1.165, 1.54) is 34.8 Å². The van der Waals surface area contributed by atoms with Crippen LogP contribution < -0.4 is 5.32 Å². The Labute approximate surface area is 119 Å². The van der Waals surface area contributed by atoms with Crippen LogP contribution in [-0.2, 0) is 24.2 Å². The second kappa shape index (κ2) is 6.48. The lowest BCUT2D eigenvalue weighted by Crippen LogP contribution is -2.33. The lowest BCUT2D eigenvalue weighted by Gasteiger charge is -2.22. The first kappa shape index (κ1) is 14.5. The molecule has 1 aliphatic carbocycles. The van der Waals surface area contributed by atoms with E-state index in [1.807, 2.05) is 11.3 Å². The molecule has 0 saturated heterocycles. The van der Waals surface area contributed by atoms with Crippen molar-refractivity contribution in [3.8, 4) is 0 Å². The SMILES string of the molecule is CNC(=O)C[C@@H](C)N(C)Cc1nc2c(s1)CCCC2. The number of fused-ring (bicyclic) bond motifs is 1. The van der Waals surface area contributed by atoms with Gasteiger partial charge in [-0.3, -0.25) is 9.69 Å². The molecule has 2 rings (SSSR count). The summed E-state index contributed by atoms with van der Waals surface area (Å²) in [6.45, 7) is 2.93. The summed E-state index contributed by atoms with van der Waals surface area (Å²) in [5, 5.41) is 3.87. The van der Waals surface area contributed by atoms with Gasteiger partial charge in [-0.25, -0.2) is 4.98 Å². The van der Waals surface area contributed by atoms with Crippen LogP contribution >= 0.6 is 11.3 Å². The van der Waals surface area contributed by atoms with E-state index in [1.54, 1.807) is 7.05 Å². The first-order chi connectivity index (χ1) is 9.10. The first-order valence-corrected chi connectivity index (χ1v) is 7.80. The number of rotatable bonds is 5. The molecule has 106 valence electrons. The van der Waals surface area contributed by atoms with Gasteiger partial charge in [-0.2, -0.15) is 0 Å². The van der Waals surface area contributed by atoms with E-state index >= 15 is 0 Å². The van der Waals surface area contributed by atoms with Crippen LogP contribution in [0.25, 0.3) is 0 Å². The number of amides is 1. The van der Waals surface area contributed by atoms with Crippen molar-refractivity contribution in [1.29, 1.82) is 0 Å². The fourth-order valence-corrected chi connectivity index (χ4v) is 3.59. The summed E-state index contributed by atoms with van der Waals surface area (Å²) in [6.07, 6.45) is 5.46. The number of hydrogen-bond acceptors (Lipinski definition) is 4. The molecule has 19 heavy (non-hydrogen) atoms. The molecule has 4 nitrogen and oxygen atoms in total. The number of nitrogens with zero attached hydrogens (tertiary/aromatic N) is 2. The second-order valence-electron chi connectivity index (χ2n) is 5.33. The molecule has 0 radical (unpaired) electrons. The van der Waals surface area contributed by atoms with Crippen LogP contribution in [0.4, 0.5) is 0 Å². The van der Waals surface area contributed by atoms with Crippen molar-refractivity contribution in [2.45, 2.75) is 51.6 Å². The number of aromatic nitrogens is 1. The third-order valence-corrected chi connectivity index (χ3v) is 4.93. The summed E-state index contributed by atoms with van der Waals surface area (Å²) in [6, 6.07) is 0.237. The molecule has 0 unspecified atom stereocenters. The van der Waals surface area contributed by atoms with E-state index < -0.39 is 0 Å². The van der Waals surface area contributed by atoms with Gasteiger partial charge < -0.3 is 5.32 Å². The fourth-order valence-electron chi connectivity index (χ4n) is 2.37. The van der Waals surface area contributed by atoms with Gasteiger partial charge in [0.05, 0.1) is 12.2 Å². The minimum atomic E-state index is 0.0952. The van der Waals surface area contributed by atoms with E-state index in [0.29, 0.717) is 6.42 Å². The van der Waals surface area contributed by atoms with Crippen molar-refractivity contribution in [3.63, 3.8) is 0 Å². The summed E-state index contributed by atoms with van der Waals surface area (Å²) in [5.41, 5.74) is 1.32. The molecule has 5 heteroatoms. The largest absolute Gasteiger partial charge is 0.359 e. The van der Waals surface area contributed by atoms with Crippen LogP contribution in [0.15, 0.2) is 0 Å². The van der Waals surface area contributed by atoms with Crippen molar-refractivity contribution in [2.24, 2.45) is 0 Å².